The molecule has 0 aromatic carbocycles. The summed E-state index contributed by atoms with van der Waals surface area (Å²) < 4.78 is 9.02. The van der Waals surface area contributed by atoms with Crippen molar-refractivity contribution in [3.8, 4) is 0 Å². The molecule has 4 N–H and O–H groups in total. The molecule has 0 aromatic heterocycles. The number of carbonyl (C=O) groups excluding carboxylic acids is 2. The van der Waals surface area contributed by atoms with Crippen LogP contribution >= 0.6 is 9.24 Å². The molecule has 0 bridgehead atoms. The maximum absolute atomic E-state index is 11.0. The molecule has 1 aliphatic rings. The first kappa shape index (κ1) is 9.38. The van der Waals surface area contributed by atoms with E-state index in [0.29, 0.717) is 0 Å². The fraction of sp³-hybridized carbons (Fsp3) is 0.600. The van der Waals surface area contributed by atoms with Crippen LogP contribution in [-0.4, -0.2) is 23.1 Å². The van der Waals surface area contributed by atoms with E-state index < -0.39 is 23.1 Å². The van der Waals surface area contributed by atoms with Crippen molar-refractivity contribution in [3.63, 3.8) is 0 Å². The van der Waals surface area contributed by atoms with Crippen molar-refractivity contribution < 1.29 is 19.1 Å². The van der Waals surface area contributed by atoms with E-state index in [1.165, 1.54) is 6.92 Å². The van der Waals surface area contributed by atoms with Crippen molar-refractivity contribution in [2.75, 3.05) is 0 Å². The summed E-state index contributed by atoms with van der Waals surface area (Å²) in [4.78, 5) is 21.9. The summed E-state index contributed by atoms with van der Waals surface area (Å²) in [6.45, 7) is 1.22. The van der Waals surface area contributed by atoms with E-state index in [4.69, 9.17) is 11.5 Å². The maximum atomic E-state index is 11.0. The van der Waals surface area contributed by atoms with Gasteiger partial charge in [-0.3, -0.25) is 11.5 Å². The summed E-state index contributed by atoms with van der Waals surface area (Å²) in [7, 11) is 1.86. The Morgan fingerprint density at radius 2 is 1.75 bits per heavy atom. The van der Waals surface area contributed by atoms with Gasteiger partial charge in [-0.25, -0.2) is 9.59 Å². The van der Waals surface area contributed by atoms with Gasteiger partial charge in [0.2, 0.25) is 0 Å². The Balaban J connectivity index is 2.91. The first-order valence-electron chi connectivity index (χ1n) is 3.09. The number of cyclic esters (lactones) is 2. The molecule has 7 heteroatoms. The first-order valence-corrected chi connectivity index (χ1v) is 3.67. The Hall–Kier alpha value is -0.710. The van der Waals surface area contributed by atoms with E-state index in [9.17, 15) is 9.59 Å². The molecule has 0 spiro atoms. The SMILES string of the molecule is CC1(N)OC(=O)C(N)(P)OC1=O. The van der Waals surface area contributed by atoms with E-state index in [0.717, 1.165) is 0 Å². The maximum Gasteiger partial charge on any atom is 0.372 e. The van der Waals surface area contributed by atoms with Crippen LogP contribution in [0.2, 0.25) is 0 Å². The molecule has 0 saturated carbocycles. The van der Waals surface area contributed by atoms with Crippen molar-refractivity contribution in [2.45, 2.75) is 18.1 Å². The van der Waals surface area contributed by atoms with Crippen molar-refractivity contribution in [2.24, 2.45) is 11.5 Å². The second-order valence-corrected chi connectivity index (χ2v) is 3.54. The summed E-state index contributed by atoms with van der Waals surface area (Å²) in [5.74, 6) is -1.77. The van der Waals surface area contributed by atoms with Gasteiger partial charge in [-0.1, -0.05) is 9.24 Å². The van der Waals surface area contributed by atoms with E-state index in [-0.39, 0.29) is 0 Å². The van der Waals surface area contributed by atoms with Gasteiger partial charge in [-0.2, -0.15) is 0 Å². The van der Waals surface area contributed by atoms with E-state index in [2.05, 4.69) is 9.47 Å². The molecule has 6 nitrogen and oxygen atoms in total. The number of nitrogens with two attached hydrogens (primary N) is 2. The lowest BCUT2D eigenvalue weighted by molar-refractivity contribution is -0.212. The highest BCUT2D eigenvalue weighted by Crippen LogP contribution is 2.25. The van der Waals surface area contributed by atoms with Gasteiger partial charge in [0.25, 0.3) is 11.2 Å². The minimum absolute atomic E-state index is 0.875. The molecule has 0 aromatic rings. The van der Waals surface area contributed by atoms with Crippen molar-refractivity contribution >= 4 is 21.2 Å². The average molecular weight is 192 g/mol. The second-order valence-electron chi connectivity index (χ2n) is 2.68. The average Bonchev–Trinajstić information content (AvgIpc) is 1.82. The number of hydrogen-bond acceptors (Lipinski definition) is 6. The quantitative estimate of drug-likeness (QED) is 0.348. The molecule has 0 aliphatic carbocycles. The summed E-state index contributed by atoms with van der Waals surface area (Å²) in [6.07, 6.45) is 0. The van der Waals surface area contributed by atoms with Gasteiger partial charge in [0.15, 0.2) is 0 Å². The fourth-order valence-corrected chi connectivity index (χ4v) is 0.776. The molecule has 68 valence electrons. The van der Waals surface area contributed by atoms with Crippen LogP contribution < -0.4 is 11.5 Å². The lowest BCUT2D eigenvalue weighted by Crippen LogP contribution is -2.63. The monoisotopic (exact) mass is 192 g/mol. The molecule has 12 heavy (non-hydrogen) atoms. The summed E-state index contributed by atoms with van der Waals surface area (Å²) in [6, 6.07) is 0. The summed E-state index contributed by atoms with van der Waals surface area (Å²) in [5, 5.41) is 0. The topological polar surface area (TPSA) is 105 Å². The molecule has 3 atom stereocenters. The molecule has 0 radical (unpaired) electrons. The van der Waals surface area contributed by atoms with Crippen LogP contribution in [0.3, 0.4) is 0 Å². The third-order valence-electron chi connectivity index (χ3n) is 1.29. The van der Waals surface area contributed by atoms with Crippen LogP contribution in [0.4, 0.5) is 0 Å². The number of esters is 2. The molecule has 1 aliphatic heterocycles. The second kappa shape index (κ2) is 2.39. The summed E-state index contributed by atoms with van der Waals surface area (Å²) in [5.41, 5.74) is 6.92. The predicted octanol–water partition coefficient (Wildman–Crippen LogP) is -1.75. The fourth-order valence-electron chi connectivity index (χ4n) is 0.610. The Bertz CT molecular complexity index is 224. The lowest BCUT2D eigenvalue weighted by atomic mass is 10.2. The van der Waals surface area contributed by atoms with Crippen LogP contribution in [0, 0.1) is 0 Å². The Labute approximate surface area is 70.8 Å². The van der Waals surface area contributed by atoms with Crippen LogP contribution in [0.1, 0.15) is 6.92 Å². The molecule has 0 amide bonds. The summed E-state index contributed by atoms with van der Waals surface area (Å²) >= 11 is 0. The Morgan fingerprint density at radius 3 is 2.17 bits per heavy atom. The van der Waals surface area contributed by atoms with Gasteiger partial charge in [0.05, 0.1) is 0 Å². The number of carbonyl (C=O) groups is 2. The number of ether oxygens (including phenoxy) is 2. The molecule has 1 rings (SSSR count). The Kier molecular flexibility index (Phi) is 1.87. The smallest absolute Gasteiger partial charge is 0.372 e. The standard InChI is InChI=1S/C5H9N2O4P/c1-4(6)2(8)11-5(7,12)3(9)10-4/h6-7,12H2,1H3. The zero-order valence-electron chi connectivity index (χ0n) is 6.37. The van der Waals surface area contributed by atoms with Gasteiger partial charge < -0.3 is 9.47 Å². The molecular formula is C5H9N2O4P. The largest absolute Gasteiger partial charge is 0.429 e. The number of hydrogen-bond donors (Lipinski definition) is 2. The lowest BCUT2D eigenvalue weighted by Gasteiger charge is -2.35. The minimum Gasteiger partial charge on any atom is -0.429 e. The highest BCUT2D eigenvalue weighted by molar-refractivity contribution is 7.20. The third kappa shape index (κ3) is 1.41. The zero-order valence-corrected chi connectivity index (χ0v) is 7.52. The predicted molar refractivity (Wildman–Crippen MR) is 41.4 cm³/mol. The molecule has 3 unspecified atom stereocenters. The van der Waals surface area contributed by atoms with Crippen LogP contribution in [0.15, 0.2) is 0 Å². The van der Waals surface area contributed by atoms with Crippen molar-refractivity contribution in [1.82, 2.24) is 0 Å². The highest BCUT2D eigenvalue weighted by Gasteiger charge is 2.50. The van der Waals surface area contributed by atoms with E-state index in [1.807, 2.05) is 9.24 Å². The van der Waals surface area contributed by atoms with Crippen molar-refractivity contribution in [3.05, 3.63) is 0 Å². The molecular weight excluding hydrogens is 183 g/mol. The van der Waals surface area contributed by atoms with Gasteiger partial charge in [-0.05, 0) is 0 Å². The minimum atomic E-state index is -1.81. The normalized spacial score (nSPS) is 42.0. The van der Waals surface area contributed by atoms with Gasteiger partial charge in [0, 0.05) is 6.92 Å². The number of rotatable bonds is 0. The van der Waals surface area contributed by atoms with Gasteiger partial charge in [0.1, 0.15) is 0 Å². The zero-order chi connectivity index (χ0) is 9.57. The molecule has 1 saturated heterocycles. The van der Waals surface area contributed by atoms with E-state index in [1.54, 1.807) is 0 Å². The Morgan fingerprint density at radius 1 is 1.25 bits per heavy atom. The van der Waals surface area contributed by atoms with Crippen LogP contribution in [-0.2, 0) is 19.1 Å². The van der Waals surface area contributed by atoms with Gasteiger partial charge in [-0.15, -0.1) is 0 Å². The van der Waals surface area contributed by atoms with Gasteiger partial charge >= 0.3 is 11.9 Å². The van der Waals surface area contributed by atoms with Crippen LogP contribution in [0.5, 0.6) is 0 Å². The van der Waals surface area contributed by atoms with Crippen molar-refractivity contribution in [1.29, 1.82) is 0 Å². The highest BCUT2D eigenvalue weighted by atomic mass is 31.0. The van der Waals surface area contributed by atoms with E-state index >= 15 is 0 Å². The molecule has 1 fully saturated rings. The van der Waals surface area contributed by atoms with Crippen LogP contribution in [0.25, 0.3) is 0 Å². The third-order valence-corrected chi connectivity index (χ3v) is 1.64. The first-order chi connectivity index (χ1) is 5.26. The molecule has 1 heterocycles.